The highest BCUT2D eigenvalue weighted by molar-refractivity contribution is 6.35. The second-order valence-corrected chi connectivity index (χ2v) is 7.16. The first-order valence-electron chi connectivity index (χ1n) is 8.94. The quantitative estimate of drug-likeness (QED) is 0.586. The summed E-state index contributed by atoms with van der Waals surface area (Å²) in [6.45, 7) is 5.64. The number of aryl methyl sites for hydroxylation is 1. The van der Waals surface area contributed by atoms with Crippen LogP contribution in [0.25, 0.3) is 0 Å². The Morgan fingerprint density at radius 2 is 1.93 bits per heavy atom. The lowest BCUT2D eigenvalue weighted by atomic mass is 10.1. The lowest BCUT2D eigenvalue weighted by Gasteiger charge is -2.09. The number of amides is 1. The van der Waals surface area contributed by atoms with E-state index in [1.807, 2.05) is 30.7 Å². The Hall–Kier alpha value is -2.50. The van der Waals surface area contributed by atoms with Gasteiger partial charge in [0.15, 0.2) is 0 Å². The number of hydrogen-bond acceptors (Lipinski definition) is 3. The number of rotatable bonds is 7. The maximum absolute atomic E-state index is 12.4. The van der Waals surface area contributed by atoms with E-state index in [-0.39, 0.29) is 5.91 Å². The minimum Gasteiger partial charge on any atom is -0.487 e. The normalized spacial score (nSPS) is 10.7. The maximum Gasteiger partial charge on any atom is 0.251 e. The van der Waals surface area contributed by atoms with Crippen LogP contribution in [0.3, 0.4) is 0 Å². The van der Waals surface area contributed by atoms with E-state index >= 15 is 0 Å². The minimum atomic E-state index is -0.128. The van der Waals surface area contributed by atoms with Crippen molar-refractivity contribution >= 4 is 29.1 Å². The highest BCUT2D eigenvalue weighted by Crippen LogP contribution is 2.28. The van der Waals surface area contributed by atoms with Crippen molar-refractivity contribution in [1.29, 1.82) is 0 Å². The first-order chi connectivity index (χ1) is 13.5. The first-order valence-corrected chi connectivity index (χ1v) is 9.69. The fourth-order valence-electron chi connectivity index (χ4n) is 2.76. The number of carbonyl (C=O) groups excluding carboxylic acids is 1. The van der Waals surface area contributed by atoms with E-state index < -0.39 is 0 Å². The second-order valence-electron chi connectivity index (χ2n) is 6.31. The molecule has 7 heteroatoms. The van der Waals surface area contributed by atoms with Crippen molar-refractivity contribution < 1.29 is 9.53 Å². The number of nitrogens with zero attached hydrogens (tertiary/aromatic N) is 2. The zero-order valence-corrected chi connectivity index (χ0v) is 17.2. The molecule has 1 N–H and O–H groups in total. The van der Waals surface area contributed by atoms with Crippen molar-refractivity contribution in [3.63, 3.8) is 0 Å². The van der Waals surface area contributed by atoms with Crippen LogP contribution in [0.1, 0.15) is 34.1 Å². The molecule has 3 aromatic rings. The molecule has 0 unspecified atom stereocenters. The summed E-state index contributed by atoms with van der Waals surface area (Å²) in [6, 6.07) is 12.4. The average molecular weight is 418 g/mol. The van der Waals surface area contributed by atoms with E-state index in [0.717, 1.165) is 23.4 Å². The Morgan fingerprint density at radius 1 is 1.18 bits per heavy atom. The van der Waals surface area contributed by atoms with Gasteiger partial charge >= 0.3 is 0 Å². The lowest BCUT2D eigenvalue weighted by Crippen LogP contribution is -2.23. The summed E-state index contributed by atoms with van der Waals surface area (Å²) in [6.07, 6.45) is 1.79. The van der Waals surface area contributed by atoms with Gasteiger partial charge in [0.2, 0.25) is 0 Å². The monoisotopic (exact) mass is 417 g/mol. The van der Waals surface area contributed by atoms with E-state index in [0.29, 0.717) is 34.5 Å². The lowest BCUT2D eigenvalue weighted by molar-refractivity contribution is 0.0951. The van der Waals surface area contributed by atoms with Crippen molar-refractivity contribution in [2.24, 2.45) is 0 Å². The smallest absolute Gasteiger partial charge is 0.251 e. The molecule has 1 amide bonds. The maximum atomic E-state index is 12.4. The van der Waals surface area contributed by atoms with Crippen LogP contribution in [0.4, 0.5) is 0 Å². The summed E-state index contributed by atoms with van der Waals surface area (Å²) < 4.78 is 7.62. The summed E-state index contributed by atoms with van der Waals surface area (Å²) in [7, 11) is 0. The third-order valence-corrected chi connectivity index (χ3v) is 4.98. The van der Waals surface area contributed by atoms with Crippen LogP contribution in [-0.4, -0.2) is 15.7 Å². The van der Waals surface area contributed by atoms with Gasteiger partial charge in [-0.1, -0.05) is 35.3 Å². The molecule has 0 aliphatic rings. The molecule has 1 heterocycles. The molecule has 0 atom stereocenters. The van der Waals surface area contributed by atoms with E-state index in [1.165, 1.54) is 0 Å². The van der Waals surface area contributed by atoms with Gasteiger partial charge in [-0.25, -0.2) is 0 Å². The first kappa shape index (κ1) is 20.2. The Labute approximate surface area is 174 Å². The Morgan fingerprint density at radius 3 is 2.57 bits per heavy atom. The van der Waals surface area contributed by atoms with Crippen molar-refractivity contribution in [3.05, 3.63) is 81.1 Å². The molecule has 0 aliphatic carbocycles. The molecular formula is C21H21Cl2N3O2. The van der Waals surface area contributed by atoms with Crippen LogP contribution in [-0.2, 0) is 19.7 Å². The third-order valence-electron chi connectivity index (χ3n) is 4.45. The van der Waals surface area contributed by atoms with E-state index in [2.05, 4.69) is 10.4 Å². The molecule has 3 rings (SSSR count). The van der Waals surface area contributed by atoms with Crippen LogP contribution < -0.4 is 10.1 Å². The van der Waals surface area contributed by atoms with Crippen LogP contribution in [0, 0.1) is 6.92 Å². The van der Waals surface area contributed by atoms with Crippen molar-refractivity contribution in [2.45, 2.75) is 33.5 Å². The van der Waals surface area contributed by atoms with Crippen molar-refractivity contribution in [2.75, 3.05) is 0 Å². The largest absolute Gasteiger partial charge is 0.487 e. The molecule has 5 nitrogen and oxygen atoms in total. The predicted octanol–water partition coefficient (Wildman–Crippen LogP) is 5.03. The number of carbonyl (C=O) groups is 1. The predicted molar refractivity (Wildman–Crippen MR) is 111 cm³/mol. The third kappa shape index (κ3) is 4.86. The van der Waals surface area contributed by atoms with Gasteiger partial charge in [-0.15, -0.1) is 0 Å². The zero-order chi connectivity index (χ0) is 20.1. The van der Waals surface area contributed by atoms with Crippen LogP contribution in [0.2, 0.25) is 10.0 Å². The highest BCUT2D eigenvalue weighted by atomic mass is 35.5. The molecule has 146 valence electrons. The summed E-state index contributed by atoms with van der Waals surface area (Å²) in [5, 5.41) is 8.24. The number of nitrogens with one attached hydrogen (secondary N) is 1. The van der Waals surface area contributed by atoms with Crippen molar-refractivity contribution in [1.82, 2.24) is 15.1 Å². The van der Waals surface area contributed by atoms with Gasteiger partial charge in [0.25, 0.3) is 5.91 Å². The molecule has 0 saturated carbocycles. The molecule has 0 aliphatic heterocycles. The number of aromatic nitrogens is 2. The molecule has 0 fully saturated rings. The SMILES string of the molecule is CCn1ncc(CNC(=O)c2ccc(COc3ccc(Cl)cc3Cl)cc2)c1C. The molecule has 0 bridgehead atoms. The topological polar surface area (TPSA) is 56.2 Å². The number of hydrogen-bond donors (Lipinski definition) is 1. The molecule has 28 heavy (non-hydrogen) atoms. The summed E-state index contributed by atoms with van der Waals surface area (Å²) in [5.74, 6) is 0.438. The van der Waals surface area contributed by atoms with E-state index in [1.54, 1.807) is 36.5 Å². The number of benzene rings is 2. The fourth-order valence-corrected chi connectivity index (χ4v) is 3.22. The van der Waals surface area contributed by atoms with Crippen LogP contribution >= 0.6 is 23.2 Å². The number of ether oxygens (including phenoxy) is 1. The molecule has 0 radical (unpaired) electrons. The minimum absolute atomic E-state index is 0.128. The summed E-state index contributed by atoms with van der Waals surface area (Å²) in [5.41, 5.74) is 3.60. The van der Waals surface area contributed by atoms with Crippen LogP contribution in [0.15, 0.2) is 48.7 Å². The summed E-state index contributed by atoms with van der Waals surface area (Å²) in [4.78, 5) is 12.4. The fraction of sp³-hybridized carbons (Fsp3) is 0.238. The highest BCUT2D eigenvalue weighted by Gasteiger charge is 2.09. The van der Waals surface area contributed by atoms with E-state index in [9.17, 15) is 4.79 Å². The average Bonchev–Trinajstić information content (AvgIpc) is 3.05. The van der Waals surface area contributed by atoms with Crippen LogP contribution in [0.5, 0.6) is 5.75 Å². The number of halogens is 2. The molecular weight excluding hydrogens is 397 g/mol. The molecule has 0 saturated heterocycles. The molecule has 1 aromatic heterocycles. The zero-order valence-electron chi connectivity index (χ0n) is 15.7. The standard InChI is InChI=1S/C21H21Cl2N3O2/c1-3-26-14(2)17(12-25-26)11-24-21(27)16-6-4-15(5-7-16)13-28-20-9-8-18(22)10-19(20)23/h4-10,12H,3,11,13H2,1-2H3,(H,24,27). The van der Waals surface area contributed by atoms with Gasteiger partial charge in [0.05, 0.1) is 11.2 Å². The van der Waals surface area contributed by atoms with Crippen molar-refractivity contribution in [3.8, 4) is 5.75 Å². The Kier molecular flexibility index (Phi) is 6.60. The van der Waals surface area contributed by atoms with Gasteiger partial charge < -0.3 is 10.1 Å². The van der Waals surface area contributed by atoms with Gasteiger partial charge in [-0.3, -0.25) is 9.48 Å². The Bertz CT molecular complexity index is 968. The van der Waals surface area contributed by atoms with Gasteiger partial charge in [-0.05, 0) is 49.7 Å². The van der Waals surface area contributed by atoms with Gasteiger partial charge in [0.1, 0.15) is 12.4 Å². The van der Waals surface area contributed by atoms with E-state index in [4.69, 9.17) is 27.9 Å². The molecule has 2 aromatic carbocycles. The molecule has 0 spiro atoms. The van der Waals surface area contributed by atoms with Gasteiger partial charge in [0, 0.05) is 34.9 Å². The Balaban J connectivity index is 1.55. The second kappa shape index (κ2) is 9.13. The summed E-state index contributed by atoms with van der Waals surface area (Å²) >= 11 is 12.0. The van der Waals surface area contributed by atoms with Gasteiger partial charge in [-0.2, -0.15) is 5.10 Å².